The van der Waals surface area contributed by atoms with Gasteiger partial charge in [-0.05, 0) is 42.7 Å². The van der Waals surface area contributed by atoms with E-state index in [1.807, 2.05) is 18.2 Å². The van der Waals surface area contributed by atoms with Gasteiger partial charge in [-0.15, -0.1) is 0 Å². The number of aromatic hydroxyl groups is 1. The number of rotatable bonds is 5. The number of phenols is 1. The molecule has 0 atom stereocenters. The summed E-state index contributed by atoms with van der Waals surface area (Å²) in [7, 11) is 0. The number of hydrogen-bond acceptors (Lipinski definition) is 4. The van der Waals surface area contributed by atoms with Gasteiger partial charge in [0.2, 0.25) is 0 Å². The number of hydrogen-bond donors (Lipinski definition) is 1. The lowest BCUT2D eigenvalue weighted by Gasteiger charge is -2.18. The van der Waals surface area contributed by atoms with Gasteiger partial charge in [0.05, 0.1) is 5.56 Å². The van der Waals surface area contributed by atoms with Crippen molar-refractivity contribution in [3.05, 3.63) is 53.6 Å². The van der Waals surface area contributed by atoms with Gasteiger partial charge in [-0.3, -0.25) is 4.79 Å². The van der Waals surface area contributed by atoms with Crippen LogP contribution in [0.1, 0.15) is 28.8 Å². The van der Waals surface area contributed by atoms with Crippen LogP contribution in [0.3, 0.4) is 0 Å². The minimum atomic E-state index is -0.0318. The highest BCUT2D eigenvalue weighted by Gasteiger charge is 2.13. The lowest BCUT2D eigenvalue weighted by Crippen LogP contribution is -2.15. The zero-order valence-electron chi connectivity index (χ0n) is 12.2. The van der Waals surface area contributed by atoms with Gasteiger partial charge in [-0.25, -0.2) is 0 Å². The summed E-state index contributed by atoms with van der Waals surface area (Å²) in [5.41, 5.74) is 1.51. The van der Waals surface area contributed by atoms with Crippen molar-refractivity contribution in [3.63, 3.8) is 0 Å². The molecule has 1 aliphatic heterocycles. The third-order valence-corrected chi connectivity index (χ3v) is 3.68. The summed E-state index contributed by atoms with van der Waals surface area (Å²) in [4.78, 5) is 12.1. The number of fused-ring (bicyclic) bond motifs is 1. The van der Waals surface area contributed by atoms with Gasteiger partial charge in [0.15, 0.2) is 17.3 Å². The molecule has 22 heavy (non-hydrogen) atoms. The predicted octanol–water partition coefficient (Wildman–Crippen LogP) is 3.37. The number of phenolic OH excluding ortho intramolecular Hbond substituents is 1. The lowest BCUT2D eigenvalue weighted by atomic mass is 10.0. The first kappa shape index (κ1) is 14.4. The number of Topliss-reactive ketones (excluding diaryl/α,β-unsaturated/α-hetero) is 1. The minimum absolute atomic E-state index is 0.0318. The zero-order chi connectivity index (χ0) is 15.4. The molecular weight excluding hydrogens is 280 g/mol. The normalized spacial score (nSPS) is 12.9. The van der Waals surface area contributed by atoms with E-state index in [4.69, 9.17) is 9.47 Å². The van der Waals surface area contributed by atoms with Gasteiger partial charge >= 0.3 is 0 Å². The van der Waals surface area contributed by atoms with Crippen LogP contribution in [0.5, 0.6) is 17.2 Å². The zero-order valence-corrected chi connectivity index (χ0v) is 12.2. The molecule has 0 spiro atoms. The van der Waals surface area contributed by atoms with E-state index in [1.54, 1.807) is 18.2 Å². The molecule has 2 aromatic rings. The number of aryl methyl sites for hydroxylation is 1. The number of para-hydroxylation sites is 1. The number of carbonyl (C=O) groups excluding carboxylic acids is 1. The molecule has 0 bridgehead atoms. The number of carbonyl (C=O) groups is 1. The van der Waals surface area contributed by atoms with Crippen molar-refractivity contribution in [1.29, 1.82) is 0 Å². The van der Waals surface area contributed by atoms with Crippen LogP contribution in [-0.4, -0.2) is 24.1 Å². The molecule has 0 saturated carbocycles. The molecule has 0 saturated heterocycles. The number of ketones is 1. The van der Waals surface area contributed by atoms with Gasteiger partial charge in [0.1, 0.15) is 19.0 Å². The Balaban J connectivity index is 1.57. The van der Waals surface area contributed by atoms with Crippen LogP contribution in [0, 0.1) is 0 Å². The highest BCUT2D eigenvalue weighted by molar-refractivity contribution is 5.98. The summed E-state index contributed by atoms with van der Waals surface area (Å²) in [5.74, 6) is 1.57. The van der Waals surface area contributed by atoms with Gasteiger partial charge in [-0.2, -0.15) is 0 Å². The lowest BCUT2D eigenvalue weighted by molar-refractivity contribution is 0.0977. The van der Waals surface area contributed by atoms with Gasteiger partial charge in [-0.1, -0.05) is 18.2 Å². The number of ether oxygens (including phenoxy) is 2. The average Bonchev–Trinajstić information content (AvgIpc) is 2.55. The van der Waals surface area contributed by atoms with Crippen molar-refractivity contribution < 1.29 is 19.4 Å². The van der Waals surface area contributed by atoms with Crippen LogP contribution in [0.15, 0.2) is 42.5 Å². The second-order valence-electron chi connectivity index (χ2n) is 5.27. The maximum absolute atomic E-state index is 12.1. The van der Waals surface area contributed by atoms with E-state index in [1.165, 1.54) is 6.07 Å². The molecular formula is C18H18O4. The van der Waals surface area contributed by atoms with Crippen molar-refractivity contribution >= 4 is 5.78 Å². The quantitative estimate of drug-likeness (QED) is 0.860. The van der Waals surface area contributed by atoms with E-state index >= 15 is 0 Å². The largest absolute Gasteiger partial charge is 0.507 e. The summed E-state index contributed by atoms with van der Waals surface area (Å²) in [6, 6.07) is 12.5. The first-order valence-electron chi connectivity index (χ1n) is 7.44. The fraction of sp³-hybridized carbons (Fsp3) is 0.278. The highest BCUT2D eigenvalue weighted by Crippen LogP contribution is 2.31. The minimum Gasteiger partial charge on any atom is -0.507 e. The predicted molar refractivity (Wildman–Crippen MR) is 82.8 cm³/mol. The van der Waals surface area contributed by atoms with Gasteiger partial charge in [0, 0.05) is 6.42 Å². The number of benzene rings is 2. The van der Waals surface area contributed by atoms with Crippen molar-refractivity contribution in [2.75, 3.05) is 13.2 Å². The Labute approximate surface area is 129 Å². The fourth-order valence-electron chi connectivity index (χ4n) is 2.54. The molecule has 114 valence electrons. The fourth-order valence-corrected chi connectivity index (χ4v) is 2.54. The smallest absolute Gasteiger partial charge is 0.166 e. The molecule has 0 fully saturated rings. The maximum Gasteiger partial charge on any atom is 0.166 e. The topological polar surface area (TPSA) is 55.8 Å². The van der Waals surface area contributed by atoms with Crippen LogP contribution in [-0.2, 0) is 6.42 Å². The van der Waals surface area contributed by atoms with E-state index in [0.717, 1.165) is 29.9 Å². The van der Waals surface area contributed by atoms with Crippen LogP contribution in [0.4, 0.5) is 0 Å². The molecule has 2 aromatic carbocycles. The van der Waals surface area contributed by atoms with Crippen molar-refractivity contribution in [2.24, 2.45) is 0 Å². The molecule has 1 aliphatic rings. The summed E-state index contributed by atoms with van der Waals surface area (Å²) in [6.07, 6.45) is 1.93. The Morgan fingerprint density at radius 2 is 1.82 bits per heavy atom. The first-order chi connectivity index (χ1) is 10.7. The van der Waals surface area contributed by atoms with E-state index in [2.05, 4.69) is 0 Å². The van der Waals surface area contributed by atoms with Crippen LogP contribution < -0.4 is 9.47 Å². The Hall–Kier alpha value is -2.49. The van der Waals surface area contributed by atoms with Crippen LogP contribution in [0.2, 0.25) is 0 Å². The van der Waals surface area contributed by atoms with Crippen LogP contribution in [0.25, 0.3) is 0 Å². The molecule has 0 aromatic heterocycles. The third-order valence-electron chi connectivity index (χ3n) is 3.68. The van der Waals surface area contributed by atoms with E-state index in [0.29, 0.717) is 25.2 Å². The van der Waals surface area contributed by atoms with Crippen LogP contribution >= 0.6 is 0 Å². The molecule has 1 N–H and O–H groups in total. The molecule has 0 unspecified atom stereocenters. The summed E-state index contributed by atoms with van der Waals surface area (Å²) >= 11 is 0. The summed E-state index contributed by atoms with van der Waals surface area (Å²) in [5, 5.41) is 9.68. The second kappa shape index (κ2) is 6.52. The first-order valence-corrected chi connectivity index (χ1v) is 7.44. The SMILES string of the molecule is O=C(CCCc1ccc2c(c1)OCCO2)c1ccccc1O. The second-order valence-corrected chi connectivity index (χ2v) is 5.27. The average molecular weight is 298 g/mol. The molecule has 1 heterocycles. The monoisotopic (exact) mass is 298 g/mol. The molecule has 4 heteroatoms. The van der Waals surface area contributed by atoms with Crippen molar-refractivity contribution in [3.8, 4) is 17.2 Å². The molecule has 0 radical (unpaired) electrons. The molecule has 0 amide bonds. The van der Waals surface area contributed by atoms with Crippen molar-refractivity contribution in [2.45, 2.75) is 19.3 Å². The van der Waals surface area contributed by atoms with E-state index in [-0.39, 0.29) is 11.5 Å². The summed E-state index contributed by atoms with van der Waals surface area (Å²) in [6.45, 7) is 1.16. The highest BCUT2D eigenvalue weighted by atomic mass is 16.6. The Kier molecular flexibility index (Phi) is 4.28. The molecule has 4 nitrogen and oxygen atoms in total. The summed E-state index contributed by atoms with van der Waals surface area (Å²) < 4.78 is 11.0. The van der Waals surface area contributed by atoms with Crippen molar-refractivity contribution in [1.82, 2.24) is 0 Å². The standard InChI is InChI=1S/C18H18O4/c19-15-6-2-1-5-14(15)16(20)7-3-4-13-8-9-17-18(12-13)22-11-10-21-17/h1-2,5-6,8-9,12,19H,3-4,7,10-11H2. The van der Waals surface area contributed by atoms with E-state index < -0.39 is 0 Å². The van der Waals surface area contributed by atoms with E-state index in [9.17, 15) is 9.90 Å². The Bertz CT molecular complexity index is 679. The third kappa shape index (κ3) is 3.22. The van der Waals surface area contributed by atoms with Gasteiger partial charge < -0.3 is 14.6 Å². The Morgan fingerprint density at radius 3 is 2.64 bits per heavy atom. The Morgan fingerprint density at radius 1 is 1.05 bits per heavy atom. The molecule has 3 rings (SSSR count). The molecule has 0 aliphatic carbocycles. The van der Waals surface area contributed by atoms with Gasteiger partial charge in [0.25, 0.3) is 0 Å². The maximum atomic E-state index is 12.1.